The molecule has 0 radical (unpaired) electrons. The Hall–Kier alpha value is -2.24. The number of unbranched alkanes of at least 4 members (excludes halogenated alkanes) is 2. The third kappa shape index (κ3) is 4.61. The highest BCUT2D eigenvalue weighted by Gasteiger charge is 2.27. The number of methoxy groups -OCH3 is 1. The molecule has 6 nitrogen and oxygen atoms in total. The van der Waals surface area contributed by atoms with E-state index in [0.29, 0.717) is 12.5 Å². The van der Waals surface area contributed by atoms with Crippen LogP contribution in [-0.2, 0) is 4.74 Å². The molecule has 1 N–H and O–H groups in total. The van der Waals surface area contributed by atoms with Crippen molar-refractivity contribution in [3.8, 4) is 5.75 Å². The van der Waals surface area contributed by atoms with Gasteiger partial charge in [-0.25, -0.2) is 4.79 Å². The van der Waals surface area contributed by atoms with E-state index in [1.54, 1.807) is 0 Å². The van der Waals surface area contributed by atoms with Crippen molar-refractivity contribution < 1.29 is 14.3 Å². The summed E-state index contributed by atoms with van der Waals surface area (Å²) < 4.78 is 10.4. The minimum Gasteiger partial charge on any atom is -0.494 e. The van der Waals surface area contributed by atoms with Crippen LogP contribution in [0.2, 0.25) is 0 Å². The van der Waals surface area contributed by atoms with Crippen LogP contribution in [0.5, 0.6) is 5.75 Å². The van der Waals surface area contributed by atoms with Gasteiger partial charge in [-0.05, 0) is 24.1 Å². The molecule has 1 amide bonds. The van der Waals surface area contributed by atoms with E-state index in [9.17, 15) is 4.79 Å². The number of carbonyl (C=O) groups is 1. The molecule has 0 bridgehead atoms. The third-order valence-electron chi connectivity index (χ3n) is 3.87. The second-order valence-electron chi connectivity index (χ2n) is 5.54. The Morgan fingerprint density at radius 3 is 3.00 bits per heavy atom. The van der Waals surface area contributed by atoms with Gasteiger partial charge in [-0.15, -0.1) is 0 Å². The first-order chi connectivity index (χ1) is 11.2. The third-order valence-corrected chi connectivity index (χ3v) is 3.87. The lowest BCUT2D eigenvalue weighted by Gasteiger charge is -2.23. The van der Waals surface area contributed by atoms with Gasteiger partial charge in [0.15, 0.2) is 0 Å². The quantitative estimate of drug-likeness (QED) is 0.819. The second kappa shape index (κ2) is 8.41. The smallest absolute Gasteiger partial charge is 0.413 e. The van der Waals surface area contributed by atoms with Crippen LogP contribution in [0, 0.1) is 0 Å². The van der Waals surface area contributed by atoms with Crippen molar-refractivity contribution in [2.45, 2.75) is 32.2 Å². The zero-order chi connectivity index (χ0) is 16.7. The molecule has 0 aliphatic carbocycles. The van der Waals surface area contributed by atoms with Crippen molar-refractivity contribution >= 4 is 12.1 Å². The molecule has 1 aromatic carbocycles. The summed E-state index contributed by atoms with van der Waals surface area (Å²) in [6, 6.07) is 8.14. The number of guanidine groups is 1. The highest BCUT2D eigenvalue weighted by Crippen LogP contribution is 2.27. The average molecular weight is 319 g/mol. The molecular formula is C17H25N3O3. The Bertz CT molecular complexity index is 560. The molecule has 0 saturated heterocycles. The molecule has 2 rings (SSSR count). The fourth-order valence-electron chi connectivity index (χ4n) is 2.51. The molecule has 0 saturated carbocycles. The molecule has 0 spiro atoms. The normalized spacial score (nSPS) is 16.9. The highest BCUT2D eigenvalue weighted by atomic mass is 16.5. The van der Waals surface area contributed by atoms with Gasteiger partial charge in [-0.2, -0.15) is 0 Å². The Morgan fingerprint density at radius 1 is 1.43 bits per heavy atom. The van der Waals surface area contributed by atoms with Gasteiger partial charge in [0, 0.05) is 7.05 Å². The van der Waals surface area contributed by atoms with Crippen LogP contribution in [0.25, 0.3) is 0 Å². The monoisotopic (exact) mass is 319 g/mol. The molecule has 1 unspecified atom stereocenters. The van der Waals surface area contributed by atoms with Crippen molar-refractivity contribution in [1.82, 2.24) is 10.2 Å². The lowest BCUT2D eigenvalue weighted by atomic mass is 10.1. The predicted octanol–water partition coefficient (Wildman–Crippen LogP) is 2.95. The summed E-state index contributed by atoms with van der Waals surface area (Å²) in [5.74, 6) is 1.40. The number of benzene rings is 1. The first-order valence-electron chi connectivity index (χ1n) is 8.00. The summed E-state index contributed by atoms with van der Waals surface area (Å²) >= 11 is 0. The Morgan fingerprint density at radius 2 is 2.26 bits per heavy atom. The molecule has 0 aromatic heterocycles. The molecule has 1 atom stereocenters. The second-order valence-corrected chi connectivity index (χ2v) is 5.54. The minimum atomic E-state index is -0.510. The Balaban J connectivity index is 1.96. The van der Waals surface area contributed by atoms with Crippen molar-refractivity contribution in [3.05, 3.63) is 29.8 Å². The lowest BCUT2D eigenvalue weighted by Crippen LogP contribution is -2.40. The first-order valence-corrected chi connectivity index (χ1v) is 8.00. The topological polar surface area (TPSA) is 63.2 Å². The zero-order valence-corrected chi connectivity index (χ0v) is 14.0. The van der Waals surface area contributed by atoms with Gasteiger partial charge in [0.25, 0.3) is 0 Å². The largest absolute Gasteiger partial charge is 0.494 e. The Labute approximate surface area is 137 Å². The molecule has 126 valence electrons. The van der Waals surface area contributed by atoms with Crippen LogP contribution in [-0.4, -0.2) is 44.3 Å². The number of likely N-dealkylation sites (N-methyl/N-ethyl adjacent to an activating group) is 1. The van der Waals surface area contributed by atoms with Gasteiger partial charge >= 0.3 is 6.09 Å². The number of carbonyl (C=O) groups excluding carboxylic acids is 1. The number of rotatable bonds is 6. The SMILES string of the molecule is CCCCCOc1cccc(C2CN=C(NC(=O)OC)N2C)c1. The maximum absolute atomic E-state index is 11.3. The maximum atomic E-state index is 11.3. The molecule has 23 heavy (non-hydrogen) atoms. The van der Waals surface area contributed by atoms with E-state index in [-0.39, 0.29) is 6.04 Å². The molecule has 6 heteroatoms. The number of aliphatic imine (C=N–C) groups is 1. The summed E-state index contributed by atoms with van der Waals surface area (Å²) in [7, 11) is 3.24. The van der Waals surface area contributed by atoms with Crippen LogP contribution in [0.1, 0.15) is 37.8 Å². The lowest BCUT2D eigenvalue weighted by molar-refractivity contribution is 0.175. The van der Waals surface area contributed by atoms with Crippen molar-refractivity contribution in [3.63, 3.8) is 0 Å². The van der Waals surface area contributed by atoms with Gasteiger partial charge in [-0.1, -0.05) is 31.9 Å². The number of amides is 1. The van der Waals surface area contributed by atoms with E-state index < -0.39 is 6.09 Å². The van der Waals surface area contributed by atoms with Gasteiger partial charge in [0.1, 0.15) is 5.75 Å². The van der Waals surface area contributed by atoms with Crippen LogP contribution in [0.15, 0.2) is 29.3 Å². The number of nitrogens with one attached hydrogen (secondary N) is 1. The standard InChI is InChI=1S/C17H25N3O3/c1-4-5-6-10-23-14-9-7-8-13(11-14)15-12-18-16(20(15)2)19-17(21)22-3/h7-9,11,15H,4-6,10,12H2,1-3H3,(H,18,19,21). The summed E-state index contributed by atoms with van der Waals surface area (Å²) in [4.78, 5) is 17.6. The number of ether oxygens (including phenoxy) is 2. The molecular weight excluding hydrogens is 294 g/mol. The summed E-state index contributed by atoms with van der Waals surface area (Å²) in [6.07, 6.45) is 2.93. The summed E-state index contributed by atoms with van der Waals surface area (Å²) in [5, 5.41) is 2.62. The van der Waals surface area contributed by atoms with Gasteiger partial charge < -0.3 is 14.4 Å². The van der Waals surface area contributed by atoms with Crippen molar-refractivity contribution in [1.29, 1.82) is 0 Å². The van der Waals surface area contributed by atoms with Crippen LogP contribution >= 0.6 is 0 Å². The van der Waals surface area contributed by atoms with E-state index in [2.05, 4.69) is 28.0 Å². The fraction of sp³-hybridized carbons (Fsp3) is 0.529. The predicted molar refractivity (Wildman–Crippen MR) is 89.8 cm³/mol. The summed E-state index contributed by atoms with van der Waals surface area (Å²) in [5.41, 5.74) is 1.12. The molecule has 1 heterocycles. The Kier molecular flexibility index (Phi) is 6.26. The van der Waals surface area contributed by atoms with E-state index >= 15 is 0 Å². The van der Waals surface area contributed by atoms with E-state index in [4.69, 9.17) is 4.74 Å². The van der Waals surface area contributed by atoms with Crippen molar-refractivity contribution in [2.75, 3.05) is 27.3 Å². The van der Waals surface area contributed by atoms with E-state index in [1.807, 2.05) is 30.1 Å². The molecule has 0 fully saturated rings. The first kappa shape index (κ1) is 17.1. The average Bonchev–Trinajstić information content (AvgIpc) is 2.92. The minimum absolute atomic E-state index is 0.0846. The van der Waals surface area contributed by atoms with Crippen LogP contribution < -0.4 is 10.1 Å². The van der Waals surface area contributed by atoms with Gasteiger partial charge in [0.05, 0.1) is 26.3 Å². The van der Waals surface area contributed by atoms with Crippen LogP contribution in [0.3, 0.4) is 0 Å². The number of alkyl carbamates (subject to hydrolysis) is 1. The van der Waals surface area contributed by atoms with Crippen molar-refractivity contribution in [2.24, 2.45) is 4.99 Å². The molecule has 1 aromatic rings. The van der Waals surface area contributed by atoms with Crippen LogP contribution in [0.4, 0.5) is 4.79 Å². The highest BCUT2D eigenvalue weighted by molar-refractivity contribution is 5.94. The molecule has 1 aliphatic rings. The number of nitrogens with zero attached hydrogens (tertiary/aromatic N) is 2. The van der Waals surface area contributed by atoms with E-state index in [0.717, 1.165) is 24.3 Å². The number of hydrogen-bond acceptors (Lipinski definition) is 5. The van der Waals surface area contributed by atoms with E-state index in [1.165, 1.54) is 20.0 Å². The number of hydrogen-bond donors (Lipinski definition) is 1. The molecule has 1 aliphatic heterocycles. The maximum Gasteiger partial charge on any atom is 0.413 e. The van der Waals surface area contributed by atoms with Gasteiger partial charge in [-0.3, -0.25) is 10.3 Å². The summed E-state index contributed by atoms with van der Waals surface area (Å²) in [6.45, 7) is 3.51. The van der Waals surface area contributed by atoms with Gasteiger partial charge in [0.2, 0.25) is 5.96 Å². The zero-order valence-electron chi connectivity index (χ0n) is 14.0. The fourth-order valence-corrected chi connectivity index (χ4v) is 2.51.